The third kappa shape index (κ3) is 6.86. The van der Waals surface area contributed by atoms with Gasteiger partial charge in [-0.3, -0.25) is 10.2 Å². The first-order valence-electron chi connectivity index (χ1n) is 10.5. The normalized spacial score (nSPS) is 14.8. The lowest BCUT2D eigenvalue weighted by molar-refractivity contribution is -0.142. The van der Waals surface area contributed by atoms with Crippen LogP contribution in [0.2, 0.25) is 0 Å². The van der Waals surface area contributed by atoms with E-state index >= 15 is 0 Å². The van der Waals surface area contributed by atoms with Crippen molar-refractivity contribution in [2.24, 2.45) is 10.9 Å². The summed E-state index contributed by atoms with van der Waals surface area (Å²) >= 11 is 0. The van der Waals surface area contributed by atoms with Gasteiger partial charge in [0, 0.05) is 47.8 Å². The maximum Gasteiger partial charge on any atom is 0.344 e. The average molecular weight is 447 g/mol. The summed E-state index contributed by atoms with van der Waals surface area (Å²) < 4.78 is 0. The van der Waals surface area contributed by atoms with Gasteiger partial charge in [-0.25, -0.2) is 4.79 Å². The van der Waals surface area contributed by atoms with Crippen LogP contribution in [0, 0.1) is 17.3 Å². The van der Waals surface area contributed by atoms with Crippen LogP contribution in [0.5, 0.6) is 0 Å². The Kier molecular flexibility index (Phi) is 8.06. The molecule has 0 bridgehead atoms. The highest BCUT2D eigenvalue weighted by Crippen LogP contribution is 2.25. The zero-order chi connectivity index (χ0) is 23.6. The fraction of sp³-hybridized carbons (Fsp3) is 0.292. The number of nitrogen functional groups attached to an aromatic ring is 1. The molecule has 170 valence electrons. The molecule has 0 aromatic heterocycles. The van der Waals surface area contributed by atoms with Crippen LogP contribution >= 0.6 is 0 Å². The smallest absolute Gasteiger partial charge is 0.344 e. The Morgan fingerprint density at radius 2 is 1.94 bits per heavy atom. The monoisotopic (exact) mass is 447 g/mol. The number of hydrogen-bond acceptors (Lipinski definition) is 6. The number of nitrogens with zero attached hydrogens (tertiary/aromatic N) is 2. The number of carbonyl (C=O) groups excluding carboxylic acids is 1. The van der Waals surface area contributed by atoms with Gasteiger partial charge in [-0.15, -0.1) is 0 Å². The molecule has 1 heterocycles. The molecule has 0 atom stereocenters. The van der Waals surface area contributed by atoms with E-state index in [4.69, 9.17) is 21.1 Å². The Morgan fingerprint density at radius 1 is 1.21 bits per heavy atom. The lowest BCUT2D eigenvalue weighted by atomic mass is 9.93. The second-order valence-electron chi connectivity index (χ2n) is 7.44. The maximum atomic E-state index is 12.9. The number of nitrogens with two attached hydrogens (primary N) is 1. The standard InChI is InChI=1S/C24H25N5O4/c25-23(26)18-6-8-20(9-7-18)27-11-3-4-17-5-10-21(24(32)29-12-1-2-13-29)19(14-17)15-28-33-16-22(30)31/h5-10,27H,1-2,11-14,16H2,(H3,25,26)(H,30,31). The highest BCUT2D eigenvalue weighted by Gasteiger charge is 2.25. The Hall–Kier alpha value is -4.28. The second kappa shape index (κ2) is 11.4. The number of allylic oxidation sites excluding steroid dienone is 3. The van der Waals surface area contributed by atoms with Crippen molar-refractivity contribution in [1.82, 2.24) is 4.90 Å². The number of benzene rings is 1. The van der Waals surface area contributed by atoms with E-state index in [1.54, 1.807) is 29.2 Å². The molecule has 9 heteroatoms. The van der Waals surface area contributed by atoms with Crippen LogP contribution < -0.4 is 11.1 Å². The van der Waals surface area contributed by atoms with Gasteiger partial charge in [-0.05, 0) is 54.4 Å². The van der Waals surface area contributed by atoms with E-state index in [9.17, 15) is 9.59 Å². The van der Waals surface area contributed by atoms with Crippen LogP contribution in [0.3, 0.4) is 0 Å². The molecule has 0 saturated carbocycles. The lowest BCUT2D eigenvalue weighted by Gasteiger charge is -2.20. The Bertz CT molecular complexity index is 1110. The number of amides is 1. The number of hydrogen-bond donors (Lipinski definition) is 4. The van der Waals surface area contributed by atoms with Crippen molar-refractivity contribution in [1.29, 1.82) is 5.41 Å². The lowest BCUT2D eigenvalue weighted by Crippen LogP contribution is -2.30. The summed E-state index contributed by atoms with van der Waals surface area (Å²) in [5.74, 6) is 7.57. The minimum absolute atomic E-state index is 0.0157. The van der Waals surface area contributed by atoms with E-state index in [2.05, 4.69) is 28.2 Å². The molecule has 1 aliphatic heterocycles. The summed E-state index contributed by atoms with van der Waals surface area (Å²) in [6.45, 7) is 1.24. The molecule has 1 aliphatic carbocycles. The zero-order valence-corrected chi connectivity index (χ0v) is 18.1. The summed E-state index contributed by atoms with van der Waals surface area (Å²) in [7, 11) is 0. The number of aliphatic carboxylic acids is 1. The molecule has 5 N–H and O–H groups in total. The molecule has 0 spiro atoms. The molecule has 0 unspecified atom stereocenters. The highest BCUT2D eigenvalue weighted by molar-refractivity contribution is 6.01. The van der Waals surface area contributed by atoms with E-state index in [1.165, 1.54) is 0 Å². The molecule has 0 radical (unpaired) electrons. The molecular formula is C24H25N5O4. The quantitative estimate of drug-likeness (QED) is 0.218. The zero-order valence-electron chi connectivity index (χ0n) is 18.1. The van der Waals surface area contributed by atoms with Crippen LogP contribution in [0.15, 0.2) is 58.3 Å². The molecule has 1 amide bonds. The molecule has 33 heavy (non-hydrogen) atoms. The van der Waals surface area contributed by atoms with Crippen molar-refractivity contribution in [3.8, 4) is 11.8 Å². The van der Waals surface area contributed by atoms with Crippen molar-refractivity contribution >= 4 is 29.3 Å². The van der Waals surface area contributed by atoms with Crippen LogP contribution in [0.4, 0.5) is 5.69 Å². The van der Waals surface area contributed by atoms with Gasteiger partial charge in [-0.2, -0.15) is 0 Å². The van der Waals surface area contributed by atoms with Crippen molar-refractivity contribution in [3.63, 3.8) is 0 Å². The highest BCUT2D eigenvalue weighted by atomic mass is 16.6. The fourth-order valence-corrected chi connectivity index (χ4v) is 3.35. The Morgan fingerprint density at radius 3 is 2.61 bits per heavy atom. The summed E-state index contributed by atoms with van der Waals surface area (Å²) in [6, 6.07) is 7.17. The number of rotatable bonds is 7. The first-order chi connectivity index (χ1) is 15.9. The van der Waals surface area contributed by atoms with Crippen LogP contribution in [-0.4, -0.2) is 59.8 Å². The van der Waals surface area contributed by atoms with Crippen LogP contribution in [-0.2, 0) is 14.4 Å². The molecule has 9 nitrogen and oxygen atoms in total. The number of carboxylic acids is 1. The molecular weight excluding hydrogens is 422 g/mol. The van der Waals surface area contributed by atoms with Gasteiger partial charge >= 0.3 is 5.97 Å². The molecule has 1 aromatic rings. The summed E-state index contributed by atoms with van der Waals surface area (Å²) in [4.78, 5) is 30.0. The summed E-state index contributed by atoms with van der Waals surface area (Å²) in [6.07, 6.45) is 5.81. The number of likely N-dealkylation sites (tertiary alicyclic amines) is 1. The van der Waals surface area contributed by atoms with Crippen molar-refractivity contribution in [3.05, 3.63) is 58.7 Å². The van der Waals surface area contributed by atoms with Crippen molar-refractivity contribution < 1.29 is 19.5 Å². The molecule has 1 aromatic carbocycles. The predicted molar refractivity (Wildman–Crippen MR) is 125 cm³/mol. The SMILES string of the molecule is N=C(N)c1ccc(NCC#CC2=CC=C(C(=O)N3CCCC3)C(=C=NOCC(=O)O)C2)cc1. The van der Waals surface area contributed by atoms with Gasteiger partial charge in [0.15, 0.2) is 0 Å². The van der Waals surface area contributed by atoms with Gasteiger partial charge in [0.05, 0.1) is 12.1 Å². The largest absolute Gasteiger partial charge is 0.479 e. The van der Waals surface area contributed by atoms with Gasteiger partial charge in [-0.1, -0.05) is 11.8 Å². The Balaban J connectivity index is 1.69. The third-order valence-corrected chi connectivity index (χ3v) is 5.03. The average Bonchev–Trinajstić information content (AvgIpc) is 3.34. The van der Waals surface area contributed by atoms with Gasteiger partial charge in [0.1, 0.15) is 5.84 Å². The van der Waals surface area contributed by atoms with E-state index < -0.39 is 12.6 Å². The van der Waals surface area contributed by atoms with E-state index in [1.807, 2.05) is 12.1 Å². The number of carboxylic acid groups (broad SMARTS) is 1. The summed E-state index contributed by atoms with van der Waals surface area (Å²) in [5, 5.41) is 22.9. The minimum atomic E-state index is -1.15. The minimum Gasteiger partial charge on any atom is -0.479 e. The second-order valence-corrected chi connectivity index (χ2v) is 7.44. The number of anilines is 1. The number of amidine groups is 1. The van der Waals surface area contributed by atoms with Crippen LogP contribution in [0.1, 0.15) is 24.8 Å². The third-order valence-electron chi connectivity index (χ3n) is 5.03. The molecule has 3 rings (SSSR count). The maximum absolute atomic E-state index is 12.9. The summed E-state index contributed by atoms with van der Waals surface area (Å²) in [5.41, 5.74) is 8.71. The van der Waals surface area contributed by atoms with E-state index in [0.717, 1.165) is 24.1 Å². The number of carbonyl (C=O) groups is 2. The topological polar surface area (TPSA) is 141 Å². The molecule has 2 aliphatic rings. The van der Waals surface area contributed by atoms with Crippen molar-refractivity contribution in [2.75, 3.05) is 31.6 Å². The number of nitrogens with one attached hydrogen (secondary N) is 2. The van der Waals surface area contributed by atoms with Gasteiger partial charge in [0.2, 0.25) is 6.61 Å². The molecule has 1 saturated heterocycles. The Labute approximate surface area is 191 Å². The van der Waals surface area contributed by atoms with E-state index in [0.29, 0.717) is 42.8 Å². The van der Waals surface area contributed by atoms with Crippen LogP contribution in [0.25, 0.3) is 0 Å². The first kappa shape index (κ1) is 23.4. The molecule has 1 fully saturated rings. The fourth-order valence-electron chi connectivity index (χ4n) is 3.35. The van der Waals surface area contributed by atoms with Crippen molar-refractivity contribution in [2.45, 2.75) is 19.3 Å². The first-order valence-corrected chi connectivity index (χ1v) is 10.5. The van der Waals surface area contributed by atoms with Gasteiger partial charge in [0.25, 0.3) is 5.91 Å². The van der Waals surface area contributed by atoms with Gasteiger partial charge < -0.3 is 25.9 Å². The predicted octanol–water partition coefficient (Wildman–Crippen LogP) is 1.88. The van der Waals surface area contributed by atoms with E-state index in [-0.39, 0.29) is 11.7 Å².